The SMILES string of the molecule is O=C(O)C1CC2CCC1N2C(=O)Cn1cncn1. The number of aliphatic carboxylic acids is 1. The van der Waals surface area contributed by atoms with Crippen molar-refractivity contribution in [1.82, 2.24) is 19.7 Å². The van der Waals surface area contributed by atoms with E-state index in [0.717, 1.165) is 12.8 Å². The number of hydrogen-bond donors (Lipinski definition) is 1. The summed E-state index contributed by atoms with van der Waals surface area (Å²) in [5.74, 6) is -1.25. The monoisotopic (exact) mass is 250 g/mol. The number of nitrogens with zero attached hydrogens (tertiary/aromatic N) is 4. The molecule has 0 aliphatic carbocycles. The molecular formula is C11H14N4O3. The first kappa shape index (κ1) is 11.2. The molecule has 2 fully saturated rings. The lowest BCUT2D eigenvalue weighted by molar-refractivity contribution is -0.143. The van der Waals surface area contributed by atoms with Gasteiger partial charge in [0.1, 0.15) is 19.2 Å². The summed E-state index contributed by atoms with van der Waals surface area (Å²) in [6.07, 6.45) is 5.17. The summed E-state index contributed by atoms with van der Waals surface area (Å²) in [7, 11) is 0. The molecule has 3 heterocycles. The van der Waals surface area contributed by atoms with Crippen molar-refractivity contribution in [2.75, 3.05) is 0 Å². The fourth-order valence-electron chi connectivity index (χ4n) is 3.18. The normalized spacial score (nSPS) is 29.8. The van der Waals surface area contributed by atoms with Gasteiger partial charge in [0.2, 0.25) is 5.91 Å². The average molecular weight is 250 g/mol. The molecule has 3 rings (SSSR count). The Bertz CT molecular complexity index is 473. The van der Waals surface area contributed by atoms with Gasteiger partial charge in [-0.25, -0.2) is 9.67 Å². The van der Waals surface area contributed by atoms with Crippen molar-refractivity contribution in [3.63, 3.8) is 0 Å². The summed E-state index contributed by atoms with van der Waals surface area (Å²) in [5.41, 5.74) is 0. The van der Waals surface area contributed by atoms with Crippen LogP contribution in [-0.2, 0) is 16.1 Å². The number of carbonyl (C=O) groups is 2. The van der Waals surface area contributed by atoms with Crippen LogP contribution in [0.15, 0.2) is 12.7 Å². The highest BCUT2D eigenvalue weighted by molar-refractivity contribution is 5.80. The van der Waals surface area contributed by atoms with E-state index < -0.39 is 11.9 Å². The first-order chi connectivity index (χ1) is 8.66. The molecule has 1 amide bonds. The highest BCUT2D eigenvalue weighted by Gasteiger charge is 2.51. The third-order valence-electron chi connectivity index (χ3n) is 3.91. The van der Waals surface area contributed by atoms with Gasteiger partial charge in [0.25, 0.3) is 0 Å². The quantitative estimate of drug-likeness (QED) is 0.798. The van der Waals surface area contributed by atoms with Crippen molar-refractivity contribution < 1.29 is 14.7 Å². The Morgan fingerprint density at radius 3 is 2.83 bits per heavy atom. The van der Waals surface area contributed by atoms with E-state index in [1.165, 1.54) is 17.3 Å². The first-order valence-corrected chi connectivity index (χ1v) is 6.03. The summed E-state index contributed by atoms with van der Waals surface area (Å²) in [4.78, 5) is 28.8. The van der Waals surface area contributed by atoms with E-state index in [1.54, 1.807) is 4.90 Å². The van der Waals surface area contributed by atoms with Gasteiger partial charge in [-0.15, -0.1) is 0 Å². The molecule has 0 radical (unpaired) electrons. The molecule has 1 N–H and O–H groups in total. The van der Waals surface area contributed by atoms with Crippen molar-refractivity contribution in [3.05, 3.63) is 12.7 Å². The number of carboxylic acids is 1. The molecule has 1 aromatic rings. The molecule has 18 heavy (non-hydrogen) atoms. The van der Waals surface area contributed by atoms with E-state index in [1.807, 2.05) is 0 Å². The Morgan fingerprint density at radius 2 is 2.22 bits per heavy atom. The molecule has 2 bridgehead atoms. The topological polar surface area (TPSA) is 88.3 Å². The highest BCUT2D eigenvalue weighted by Crippen LogP contribution is 2.41. The van der Waals surface area contributed by atoms with Gasteiger partial charge in [0, 0.05) is 12.1 Å². The van der Waals surface area contributed by atoms with Crippen LogP contribution in [0.4, 0.5) is 0 Å². The molecule has 0 saturated carbocycles. The molecule has 7 heteroatoms. The predicted molar refractivity (Wildman–Crippen MR) is 59.4 cm³/mol. The van der Waals surface area contributed by atoms with Crippen LogP contribution < -0.4 is 0 Å². The largest absolute Gasteiger partial charge is 0.481 e. The zero-order valence-corrected chi connectivity index (χ0v) is 9.77. The molecule has 2 aliphatic heterocycles. The van der Waals surface area contributed by atoms with E-state index >= 15 is 0 Å². The van der Waals surface area contributed by atoms with Gasteiger partial charge in [-0.3, -0.25) is 9.59 Å². The minimum absolute atomic E-state index is 0.0586. The summed E-state index contributed by atoms with van der Waals surface area (Å²) in [5, 5.41) is 13.0. The molecule has 3 atom stereocenters. The highest BCUT2D eigenvalue weighted by atomic mass is 16.4. The van der Waals surface area contributed by atoms with Crippen molar-refractivity contribution in [1.29, 1.82) is 0 Å². The maximum atomic E-state index is 12.2. The molecule has 0 spiro atoms. The van der Waals surface area contributed by atoms with Gasteiger partial charge in [0.05, 0.1) is 5.92 Å². The van der Waals surface area contributed by atoms with Crippen LogP contribution in [0.25, 0.3) is 0 Å². The van der Waals surface area contributed by atoms with E-state index in [4.69, 9.17) is 5.11 Å². The number of amides is 1. The lowest BCUT2D eigenvalue weighted by atomic mass is 9.89. The molecule has 0 aromatic carbocycles. The summed E-state index contributed by atoms with van der Waals surface area (Å²) in [6.45, 7) is 0.138. The van der Waals surface area contributed by atoms with E-state index in [2.05, 4.69) is 10.1 Å². The Morgan fingerprint density at radius 1 is 1.39 bits per heavy atom. The van der Waals surface area contributed by atoms with Crippen LogP contribution in [-0.4, -0.2) is 48.7 Å². The number of carboxylic acid groups (broad SMARTS) is 1. The first-order valence-electron chi connectivity index (χ1n) is 6.03. The lowest BCUT2D eigenvalue weighted by Gasteiger charge is -2.22. The fourth-order valence-corrected chi connectivity index (χ4v) is 3.18. The minimum Gasteiger partial charge on any atom is -0.481 e. The van der Waals surface area contributed by atoms with Crippen LogP contribution in [0.5, 0.6) is 0 Å². The smallest absolute Gasteiger partial charge is 0.308 e. The number of hydrogen-bond acceptors (Lipinski definition) is 4. The zero-order chi connectivity index (χ0) is 12.7. The number of aromatic nitrogens is 3. The molecule has 2 aliphatic rings. The molecule has 96 valence electrons. The van der Waals surface area contributed by atoms with Crippen LogP contribution in [0.1, 0.15) is 19.3 Å². The van der Waals surface area contributed by atoms with Crippen LogP contribution in [0.2, 0.25) is 0 Å². The third kappa shape index (κ3) is 1.66. The summed E-state index contributed by atoms with van der Waals surface area (Å²) in [6, 6.07) is -0.0457. The minimum atomic E-state index is -0.791. The van der Waals surface area contributed by atoms with Crippen molar-refractivity contribution in [3.8, 4) is 0 Å². The Labute approximate surface area is 103 Å². The maximum absolute atomic E-state index is 12.2. The summed E-state index contributed by atoms with van der Waals surface area (Å²) < 4.78 is 1.47. The lowest BCUT2D eigenvalue weighted by Crippen LogP contribution is -2.39. The molecular weight excluding hydrogens is 236 g/mol. The standard InChI is InChI=1S/C11H14N4O3/c16-10(4-14-6-12-5-13-14)15-7-1-2-9(15)8(3-7)11(17)18/h5-9H,1-4H2,(H,17,18). The predicted octanol–water partition coefficient (Wildman–Crippen LogP) is -0.258. The molecule has 2 saturated heterocycles. The zero-order valence-electron chi connectivity index (χ0n) is 9.77. The van der Waals surface area contributed by atoms with E-state index in [-0.39, 0.29) is 24.5 Å². The second-order valence-corrected chi connectivity index (χ2v) is 4.87. The number of fused-ring (bicyclic) bond motifs is 2. The van der Waals surface area contributed by atoms with Crippen LogP contribution in [0, 0.1) is 5.92 Å². The van der Waals surface area contributed by atoms with E-state index in [9.17, 15) is 9.59 Å². The van der Waals surface area contributed by atoms with Crippen LogP contribution >= 0.6 is 0 Å². The van der Waals surface area contributed by atoms with Gasteiger partial charge in [0.15, 0.2) is 0 Å². The number of carbonyl (C=O) groups excluding carboxylic acids is 1. The fraction of sp³-hybridized carbons (Fsp3) is 0.636. The average Bonchev–Trinajstić information content (AvgIpc) is 3.02. The third-order valence-corrected chi connectivity index (χ3v) is 3.91. The second kappa shape index (κ2) is 4.08. The second-order valence-electron chi connectivity index (χ2n) is 4.87. The molecule has 3 unspecified atom stereocenters. The van der Waals surface area contributed by atoms with Gasteiger partial charge >= 0.3 is 5.97 Å². The molecule has 1 aromatic heterocycles. The van der Waals surface area contributed by atoms with Gasteiger partial charge < -0.3 is 10.0 Å². The van der Waals surface area contributed by atoms with Gasteiger partial charge in [-0.2, -0.15) is 5.10 Å². The van der Waals surface area contributed by atoms with Crippen molar-refractivity contribution in [2.45, 2.75) is 37.9 Å². The van der Waals surface area contributed by atoms with Crippen molar-refractivity contribution in [2.24, 2.45) is 5.92 Å². The van der Waals surface area contributed by atoms with Gasteiger partial charge in [-0.1, -0.05) is 0 Å². The Balaban J connectivity index is 1.73. The van der Waals surface area contributed by atoms with Crippen molar-refractivity contribution >= 4 is 11.9 Å². The number of rotatable bonds is 3. The molecule has 7 nitrogen and oxygen atoms in total. The summed E-state index contributed by atoms with van der Waals surface area (Å²) >= 11 is 0. The van der Waals surface area contributed by atoms with Gasteiger partial charge in [-0.05, 0) is 19.3 Å². The van der Waals surface area contributed by atoms with E-state index in [0.29, 0.717) is 6.42 Å². The maximum Gasteiger partial charge on any atom is 0.308 e. The Kier molecular flexibility index (Phi) is 2.53. The van der Waals surface area contributed by atoms with Crippen LogP contribution in [0.3, 0.4) is 0 Å². The Hall–Kier alpha value is -1.92.